The molecule has 0 saturated carbocycles. The van der Waals surface area contributed by atoms with Crippen LogP contribution in [-0.4, -0.2) is 61.2 Å². The van der Waals surface area contributed by atoms with Crippen LogP contribution in [0.3, 0.4) is 0 Å². The third-order valence-electron chi connectivity index (χ3n) is 3.02. The van der Waals surface area contributed by atoms with Crippen molar-refractivity contribution in [2.45, 2.75) is 0 Å². The van der Waals surface area contributed by atoms with Crippen LogP contribution in [0.4, 0.5) is 0 Å². The number of nitrogens with zero attached hydrogens (tertiary/aromatic N) is 3. The molecule has 0 N–H and O–H groups in total. The lowest BCUT2D eigenvalue weighted by Gasteiger charge is -2.32. The van der Waals surface area contributed by atoms with E-state index in [1.807, 2.05) is 0 Å². The van der Waals surface area contributed by atoms with Gasteiger partial charge < -0.3 is 9.64 Å². The molecule has 2 heterocycles. The first-order valence-corrected chi connectivity index (χ1v) is 6.75. The number of halogens is 2. The lowest BCUT2D eigenvalue weighted by Crippen LogP contribution is -2.45. The maximum Gasteiger partial charge on any atom is 0.232 e. The van der Waals surface area contributed by atoms with Crippen molar-refractivity contribution in [3.63, 3.8) is 0 Å². The number of rotatable bonds is 4. The van der Waals surface area contributed by atoms with Gasteiger partial charge in [-0.3, -0.25) is 4.90 Å². The molecule has 0 unspecified atom stereocenters. The minimum Gasteiger partial charge on any atom is -0.475 e. The minimum absolute atomic E-state index is 0.454. The van der Waals surface area contributed by atoms with E-state index in [4.69, 9.17) is 27.9 Å². The van der Waals surface area contributed by atoms with Crippen LogP contribution in [-0.2, 0) is 0 Å². The molecule has 0 amide bonds. The van der Waals surface area contributed by atoms with Crippen LogP contribution in [0.2, 0.25) is 10.0 Å². The number of pyridine rings is 1. The molecule has 0 spiro atoms. The third-order valence-corrected chi connectivity index (χ3v) is 3.49. The third kappa shape index (κ3) is 3.99. The van der Waals surface area contributed by atoms with Gasteiger partial charge in [0.25, 0.3) is 0 Å². The Morgan fingerprint density at radius 2 is 2.00 bits per heavy atom. The van der Waals surface area contributed by atoms with Crippen LogP contribution in [0.25, 0.3) is 0 Å². The van der Waals surface area contributed by atoms with E-state index in [1.54, 1.807) is 12.3 Å². The van der Waals surface area contributed by atoms with E-state index >= 15 is 0 Å². The lowest BCUT2D eigenvalue weighted by atomic mass is 10.3. The van der Waals surface area contributed by atoms with Gasteiger partial charge in [-0.1, -0.05) is 23.2 Å². The summed E-state index contributed by atoms with van der Waals surface area (Å²) in [4.78, 5) is 8.77. The average Bonchev–Trinajstić information content (AvgIpc) is 2.34. The van der Waals surface area contributed by atoms with Gasteiger partial charge >= 0.3 is 0 Å². The Hall–Kier alpha value is -0.550. The fourth-order valence-electron chi connectivity index (χ4n) is 1.85. The van der Waals surface area contributed by atoms with Crippen molar-refractivity contribution in [2.75, 3.05) is 46.4 Å². The van der Waals surface area contributed by atoms with Gasteiger partial charge in [0.1, 0.15) is 11.6 Å². The molecular formula is C12H17Cl2N3O. The predicted molar refractivity (Wildman–Crippen MR) is 73.7 cm³/mol. The molecule has 0 aliphatic carbocycles. The van der Waals surface area contributed by atoms with Gasteiger partial charge in [-0.25, -0.2) is 4.98 Å². The summed E-state index contributed by atoms with van der Waals surface area (Å²) in [7, 11) is 2.14. The second kappa shape index (κ2) is 6.57. The second-order valence-corrected chi connectivity index (χ2v) is 5.28. The molecule has 4 nitrogen and oxygen atoms in total. The van der Waals surface area contributed by atoms with Crippen LogP contribution in [0, 0.1) is 0 Å². The maximum atomic E-state index is 5.98. The highest BCUT2D eigenvalue weighted by Gasteiger charge is 2.13. The van der Waals surface area contributed by atoms with E-state index in [1.165, 1.54) is 0 Å². The summed E-state index contributed by atoms with van der Waals surface area (Å²) in [5.41, 5.74) is 0. The number of piperazine rings is 1. The first kappa shape index (κ1) is 13.9. The van der Waals surface area contributed by atoms with Gasteiger partial charge in [0.15, 0.2) is 0 Å². The van der Waals surface area contributed by atoms with Crippen molar-refractivity contribution < 1.29 is 4.74 Å². The Kier molecular flexibility index (Phi) is 5.06. The molecule has 100 valence electrons. The van der Waals surface area contributed by atoms with E-state index in [2.05, 4.69) is 21.8 Å². The minimum atomic E-state index is 0.454. The highest BCUT2D eigenvalue weighted by atomic mass is 35.5. The quantitative estimate of drug-likeness (QED) is 0.848. The van der Waals surface area contributed by atoms with Crippen LogP contribution >= 0.6 is 23.2 Å². The standard InChI is InChI=1S/C12H17Cl2N3O/c1-16-2-4-17(5-3-16)6-7-18-12-11(14)8-10(13)9-15-12/h8-9H,2-7H2,1H3. The largest absolute Gasteiger partial charge is 0.475 e. The summed E-state index contributed by atoms with van der Waals surface area (Å²) in [6, 6.07) is 1.64. The summed E-state index contributed by atoms with van der Waals surface area (Å²) in [6.45, 7) is 5.88. The molecule has 2 rings (SSSR count). The number of hydrogen-bond acceptors (Lipinski definition) is 4. The van der Waals surface area contributed by atoms with Crippen molar-refractivity contribution in [2.24, 2.45) is 0 Å². The molecule has 0 bridgehead atoms. The molecule has 1 aromatic rings. The Morgan fingerprint density at radius 3 is 2.67 bits per heavy atom. The zero-order valence-electron chi connectivity index (χ0n) is 10.4. The SMILES string of the molecule is CN1CCN(CCOc2ncc(Cl)cc2Cl)CC1. The van der Waals surface area contributed by atoms with E-state index in [0.717, 1.165) is 32.7 Å². The van der Waals surface area contributed by atoms with Gasteiger partial charge in [0.2, 0.25) is 5.88 Å². The van der Waals surface area contributed by atoms with Gasteiger partial charge in [-0.05, 0) is 13.1 Å². The zero-order chi connectivity index (χ0) is 13.0. The number of hydrogen-bond donors (Lipinski definition) is 0. The normalized spacial score (nSPS) is 17.9. The van der Waals surface area contributed by atoms with Crippen LogP contribution in [0.1, 0.15) is 0 Å². The molecule has 6 heteroatoms. The van der Waals surface area contributed by atoms with E-state index < -0.39 is 0 Å². The summed E-state index contributed by atoms with van der Waals surface area (Å²) >= 11 is 11.7. The van der Waals surface area contributed by atoms with E-state index in [9.17, 15) is 0 Å². The van der Waals surface area contributed by atoms with Crippen LogP contribution in [0.5, 0.6) is 5.88 Å². The monoisotopic (exact) mass is 289 g/mol. The molecule has 0 radical (unpaired) electrons. The van der Waals surface area contributed by atoms with E-state index in [-0.39, 0.29) is 0 Å². The summed E-state index contributed by atoms with van der Waals surface area (Å²) in [5.74, 6) is 0.454. The topological polar surface area (TPSA) is 28.6 Å². The molecule has 1 aliphatic heterocycles. The fraction of sp³-hybridized carbons (Fsp3) is 0.583. The number of aromatic nitrogens is 1. The smallest absolute Gasteiger partial charge is 0.232 e. The van der Waals surface area contributed by atoms with Gasteiger partial charge in [-0.2, -0.15) is 0 Å². The predicted octanol–water partition coefficient (Wildman–Crippen LogP) is 2.01. The molecule has 1 aliphatic rings. The number of likely N-dealkylation sites (N-methyl/N-ethyl adjacent to an activating group) is 1. The van der Waals surface area contributed by atoms with E-state index in [0.29, 0.717) is 22.5 Å². The summed E-state index contributed by atoms with van der Waals surface area (Å²) < 4.78 is 5.56. The number of ether oxygens (including phenoxy) is 1. The Bertz CT molecular complexity index is 395. The zero-order valence-corrected chi connectivity index (χ0v) is 11.9. The molecule has 1 aromatic heterocycles. The van der Waals surface area contributed by atoms with Gasteiger partial charge in [0.05, 0.1) is 5.02 Å². The summed E-state index contributed by atoms with van der Waals surface area (Å²) in [5, 5.41) is 0.979. The lowest BCUT2D eigenvalue weighted by molar-refractivity contribution is 0.132. The van der Waals surface area contributed by atoms with Crippen LogP contribution in [0.15, 0.2) is 12.3 Å². The van der Waals surface area contributed by atoms with Crippen LogP contribution < -0.4 is 4.74 Å². The second-order valence-electron chi connectivity index (χ2n) is 4.43. The fourth-order valence-corrected chi connectivity index (χ4v) is 2.29. The van der Waals surface area contributed by atoms with Gasteiger partial charge in [-0.15, -0.1) is 0 Å². The van der Waals surface area contributed by atoms with Crippen molar-refractivity contribution in [3.8, 4) is 5.88 Å². The van der Waals surface area contributed by atoms with Crippen molar-refractivity contribution >= 4 is 23.2 Å². The van der Waals surface area contributed by atoms with Crippen molar-refractivity contribution in [3.05, 3.63) is 22.3 Å². The molecule has 0 atom stereocenters. The summed E-state index contributed by atoms with van der Waals surface area (Å²) in [6.07, 6.45) is 1.54. The highest BCUT2D eigenvalue weighted by Crippen LogP contribution is 2.24. The molecule has 1 fully saturated rings. The Labute approximate surface area is 117 Å². The average molecular weight is 290 g/mol. The van der Waals surface area contributed by atoms with Crippen molar-refractivity contribution in [1.29, 1.82) is 0 Å². The Morgan fingerprint density at radius 1 is 1.28 bits per heavy atom. The molecule has 0 aromatic carbocycles. The molecule has 1 saturated heterocycles. The Balaban J connectivity index is 1.75. The first-order chi connectivity index (χ1) is 8.65. The molecule has 18 heavy (non-hydrogen) atoms. The molecular weight excluding hydrogens is 273 g/mol. The first-order valence-electron chi connectivity index (χ1n) is 6.00. The van der Waals surface area contributed by atoms with Crippen molar-refractivity contribution in [1.82, 2.24) is 14.8 Å². The maximum absolute atomic E-state index is 5.98. The van der Waals surface area contributed by atoms with Gasteiger partial charge in [0, 0.05) is 38.9 Å². The highest BCUT2D eigenvalue weighted by molar-refractivity contribution is 6.35.